The average molecular weight is 341 g/mol. The van der Waals surface area contributed by atoms with Crippen molar-refractivity contribution in [2.75, 3.05) is 0 Å². The van der Waals surface area contributed by atoms with Gasteiger partial charge in [-0.1, -0.05) is 13.0 Å². The van der Waals surface area contributed by atoms with Gasteiger partial charge in [0.2, 0.25) is 0 Å². The second-order valence-electron chi connectivity index (χ2n) is 4.76. The highest BCUT2D eigenvalue weighted by molar-refractivity contribution is 9.10. The Balaban J connectivity index is 2.49. The van der Waals surface area contributed by atoms with Crippen molar-refractivity contribution in [2.24, 2.45) is 5.84 Å². The zero-order chi connectivity index (χ0) is 14.7. The van der Waals surface area contributed by atoms with E-state index in [1.807, 2.05) is 17.7 Å². The molecule has 0 amide bonds. The van der Waals surface area contributed by atoms with Gasteiger partial charge in [0.1, 0.15) is 5.82 Å². The van der Waals surface area contributed by atoms with Crippen LogP contribution in [0.5, 0.6) is 0 Å². The molecule has 0 bridgehead atoms. The van der Waals surface area contributed by atoms with E-state index in [0.717, 1.165) is 34.3 Å². The Bertz CT molecular complexity index is 577. The Kier molecular flexibility index (Phi) is 4.91. The van der Waals surface area contributed by atoms with E-state index in [1.54, 1.807) is 6.20 Å². The second-order valence-corrected chi connectivity index (χ2v) is 5.62. The van der Waals surface area contributed by atoms with Crippen LogP contribution in [0.2, 0.25) is 0 Å². The van der Waals surface area contributed by atoms with Gasteiger partial charge in [-0.3, -0.25) is 10.5 Å². The molecule has 1 unspecified atom stereocenters. The molecule has 6 heteroatoms. The lowest BCUT2D eigenvalue weighted by Gasteiger charge is -2.19. The molecular weight excluding hydrogens is 323 g/mol. The molecule has 20 heavy (non-hydrogen) atoms. The summed E-state index contributed by atoms with van der Waals surface area (Å²) in [6.45, 7) is 4.72. The maximum atomic E-state index is 13.6. The van der Waals surface area contributed by atoms with Crippen LogP contribution in [-0.2, 0) is 6.54 Å². The van der Waals surface area contributed by atoms with Gasteiger partial charge >= 0.3 is 0 Å². The number of benzene rings is 1. The molecule has 0 saturated heterocycles. The van der Waals surface area contributed by atoms with Gasteiger partial charge in [-0.2, -0.15) is 5.10 Å². The first-order chi connectivity index (χ1) is 9.56. The van der Waals surface area contributed by atoms with Crippen LogP contribution in [0.25, 0.3) is 0 Å². The van der Waals surface area contributed by atoms with Crippen molar-refractivity contribution in [3.05, 3.63) is 51.5 Å². The number of hydrogen-bond acceptors (Lipinski definition) is 3. The summed E-state index contributed by atoms with van der Waals surface area (Å²) in [4.78, 5) is 0. The zero-order valence-electron chi connectivity index (χ0n) is 11.5. The van der Waals surface area contributed by atoms with Crippen molar-refractivity contribution in [1.29, 1.82) is 0 Å². The van der Waals surface area contributed by atoms with E-state index in [2.05, 4.69) is 33.4 Å². The Morgan fingerprint density at radius 3 is 2.80 bits per heavy atom. The highest BCUT2D eigenvalue weighted by Gasteiger charge is 2.21. The topological polar surface area (TPSA) is 55.9 Å². The van der Waals surface area contributed by atoms with Gasteiger partial charge < -0.3 is 0 Å². The molecule has 0 aliphatic carbocycles. The summed E-state index contributed by atoms with van der Waals surface area (Å²) in [6.07, 6.45) is 2.70. The maximum absolute atomic E-state index is 13.6. The predicted molar refractivity (Wildman–Crippen MR) is 80.5 cm³/mol. The van der Waals surface area contributed by atoms with Crippen molar-refractivity contribution in [3.8, 4) is 0 Å². The van der Waals surface area contributed by atoms with E-state index >= 15 is 0 Å². The maximum Gasteiger partial charge on any atom is 0.123 e. The van der Waals surface area contributed by atoms with E-state index in [0.29, 0.717) is 0 Å². The van der Waals surface area contributed by atoms with Gasteiger partial charge in [0.25, 0.3) is 0 Å². The minimum absolute atomic E-state index is 0.266. The molecule has 1 aromatic carbocycles. The van der Waals surface area contributed by atoms with Gasteiger partial charge in [0, 0.05) is 6.54 Å². The molecule has 108 valence electrons. The molecule has 3 N–H and O–H groups in total. The summed E-state index contributed by atoms with van der Waals surface area (Å²) >= 11 is 3.49. The third-order valence-electron chi connectivity index (χ3n) is 3.11. The highest BCUT2D eigenvalue weighted by atomic mass is 79.9. The lowest BCUT2D eigenvalue weighted by atomic mass is 10.0. The second kappa shape index (κ2) is 6.47. The van der Waals surface area contributed by atoms with Gasteiger partial charge in [0.05, 0.1) is 22.4 Å². The van der Waals surface area contributed by atoms with Crippen LogP contribution in [0.4, 0.5) is 4.39 Å². The molecule has 1 aromatic heterocycles. The monoisotopic (exact) mass is 340 g/mol. The quantitative estimate of drug-likeness (QED) is 0.649. The molecule has 0 spiro atoms. The Labute approximate surface area is 126 Å². The number of aromatic nitrogens is 2. The van der Waals surface area contributed by atoms with E-state index < -0.39 is 0 Å². The van der Waals surface area contributed by atoms with Gasteiger partial charge in [-0.15, -0.1) is 0 Å². The smallest absolute Gasteiger partial charge is 0.123 e. The molecule has 0 aliphatic heterocycles. The number of rotatable bonds is 5. The zero-order valence-corrected chi connectivity index (χ0v) is 13.1. The Hall–Kier alpha value is -1.24. The number of nitrogens with zero attached hydrogens (tertiary/aromatic N) is 2. The summed E-state index contributed by atoms with van der Waals surface area (Å²) in [7, 11) is 0. The summed E-state index contributed by atoms with van der Waals surface area (Å²) in [5.74, 6) is 5.43. The van der Waals surface area contributed by atoms with Crippen LogP contribution in [0.3, 0.4) is 0 Å². The molecule has 0 aliphatic rings. The number of hydrazine groups is 1. The molecular formula is C14H18BrFN4. The average Bonchev–Trinajstić information content (AvgIpc) is 2.72. The lowest BCUT2D eigenvalue weighted by molar-refractivity contribution is 0.517. The lowest BCUT2D eigenvalue weighted by Crippen LogP contribution is -2.31. The summed E-state index contributed by atoms with van der Waals surface area (Å²) in [5.41, 5.74) is 5.30. The van der Waals surface area contributed by atoms with Gasteiger partial charge in [-0.05, 0) is 52.5 Å². The first-order valence-corrected chi connectivity index (χ1v) is 7.30. The number of hydrogen-bond donors (Lipinski definition) is 2. The van der Waals surface area contributed by atoms with Crippen LogP contribution >= 0.6 is 15.9 Å². The largest absolute Gasteiger partial charge is 0.271 e. The van der Waals surface area contributed by atoms with Crippen molar-refractivity contribution in [2.45, 2.75) is 32.9 Å². The van der Waals surface area contributed by atoms with E-state index in [1.165, 1.54) is 12.1 Å². The minimum Gasteiger partial charge on any atom is -0.271 e. The molecule has 0 radical (unpaired) electrons. The molecule has 2 aromatic rings. The molecule has 0 saturated carbocycles. The number of aryl methyl sites for hydroxylation is 2. The third-order valence-corrected chi connectivity index (χ3v) is 3.72. The molecule has 1 heterocycles. The molecule has 4 nitrogen and oxygen atoms in total. The van der Waals surface area contributed by atoms with Crippen molar-refractivity contribution < 1.29 is 4.39 Å². The van der Waals surface area contributed by atoms with Crippen molar-refractivity contribution in [1.82, 2.24) is 15.2 Å². The fraction of sp³-hybridized carbons (Fsp3) is 0.357. The first-order valence-electron chi connectivity index (χ1n) is 6.51. The fourth-order valence-electron chi connectivity index (χ4n) is 2.31. The fourth-order valence-corrected chi connectivity index (χ4v) is 2.84. The van der Waals surface area contributed by atoms with Crippen molar-refractivity contribution in [3.63, 3.8) is 0 Å². The Morgan fingerprint density at radius 2 is 2.20 bits per heavy atom. The van der Waals surface area contributed by atoms with E-state index in [-0.39, 0.29) is 11.9 Å². The van der Waals surface area contributed by atoms with Crippen LogP contribution in [-0.4, -0.2) is 9.78 Å². The normalized spacial score (nSPS) is 12.7. The molecule has 2 rings (SSSR count). The highest BCUT2D eigenvalue weighted by Crippen LogP contribution is 2.29. The number of halogens is 2. The standard InChI is InChI=1S/C14H18BrFN4/c1-3-4-20-14(12(15)8-18-20)13(19-17)10-5-9(2)6-11(16)7-10/h5-8,13,19H,3-4,17H2,1-2H3. The third kappa shape index (κ3) is 3.08. The minimum atomic E-state index is -0.312. The SMILES string of the molecule is CCCn1ncc(Br)c1C(NN)c1cc(C)cc(F)c1. The molecule has 0 fully saturated rings. The van der Waals surface area contributed by atoms with Crippen LogP contribution < -0.4 is 11.3 Å². The summed E-state index contributed by atoms with van der Waals surface area (Å²) in [6, 6.07) is 4.60. The summed E-state index contributed by atoms with van der Waals surface area (Å²) in [5, 5.41) is 4.33. The molecule has 1 atom stereocenters. The van der Waals surface area contributed by atoms with Gasteiger partial charge in [-0.25, -0.2) is 9.82 Å². The van der Waals surface area contributed by atoms with E-state index in [4.69, 9.17) is 5.84 Å². The van der Waals surface area contributed by atoms with Crippen LogP contribution in [0.1, 0.15) is 36.2 Å². The Morgan fingerprint density at radius 1 is 1.45 bits per heavy atom. The van der Waals surface area contributed by atoms with Gasteiger partial charge in [0.15, 0.2) is 0 Å². The van der Waals surface area contributed by atoms with Crippen LogP contribution in [0.15, 0.2) is 28.9 Å². The summed E-state index contributed by atoms with van der Waals surface area (Å²) < 4.78 is 16.4. The predicted octanol–water partition coefficient (Wildman–Crippen LogP) is 3.06. The number of nitrogens with two attached hydrogens (primary N) is 1. The van der Waals surface area contributed by atoms with Crippen molar-refractivity contribution >= 4 is 15.9 Å². The first kappa shape index (κ1) is 15.2. The van der Waals surface area contributed by atoms with Crippen LogP contribution in [0, 0.1) is 12.7 Å². The van der Waals surface area contributed by atoms with E-state index in [9.17, 15) is 4.39 Å². The number of nitrogens with one attached hydrogen (secondary N) is 1.